The molecule has 0 aliphatic carbocycles. The summed E-state index contributed by atoms with van der Waals surface area (Å²) in [7, 11) is 0. The van der Waals surface area contributed by atoms with Gasteiger partial charge >= 0.3 is 0 Å². The second kappa shape index (κ2) is 6.00. The Labute approximate surface area is 129 Å². The number of carbonyl (C=O) groups is 1. The third-order valence-corrected chi connectivity index (χ3v) is 5.30. The Morgan fingerprint density at radius 2 is 2.19 bits per heavy atom. The molecule has 21 heavy (non-hydrogen) atoms. The van der Waals surface area contributed by atoms with Gasteiger partial charge in [0.05, 0.1) is 6.04 Å². The highest BCUT2D eigenvalue weighted by Gasteiger charge is 2.18. The topological polar surface area (TPSA) is 55.1 Å². The van der Waals surface area contributed by atoms with Crippen molar-refractivity contribution in [2.24, 2.45) is 5.73 Å². The van der Waals surface area contributed by atoms with Crippen LogP contribution in [-0.2, 0) is 12.8 Å². The molecule has 1 aliphatic rings. The predicted octanol–water partition coefficient (Wildman–Crippen LogP) is 3.03. The van der Waals surface area contributed by atoms with Gasteiger partial charge < -0.3 is 11.1 Å². The van der Waals surface area contributed by atoms with Crippen molar-refractivity contribution in [1.82, 2.24) is 5.32 Å². The van der Waals surface area contributed by atoms with Crippen molar-refractivity contribution in [3.05, 3.63) is 56.8 Å². The van der Waals surface area contributed by atoms with Crippen molar-refractivity contribution in [3.63, 3.8) is 0 Å². The number of aryl methyl sites for hydroxylation is 2. The second-order valence-corrected chi connectivity index (χ2v) is 6.61. The molecule has 110 valence electrons. The molecule has 1 amide bonds. The van der Waals surface area contributed by atoms with Gasteiger partial charge in [0.25, 0.3) is 5.91 Å². The van der Waals surface area contributed by atoms with E-state index in [0.29, 0.717) is 0 Å². The number of thiophene rings is 1. The zero-order valence-corrected chi connectivity index (χ0v) is 13.0. The van der Waals surface area contributed by atoms with E-state index in [0.717, 1.165) is 47.4 Å². The van der Waals surface area contributed by atoms with Gasteiger partial charge in [-0.1, -0.05) is 19.1 Å². The predicted molar refractivity (Wildman–Crippen MR) is 86.8 cm³/mol. The summed E-state index contributed by atoms with van der Waals surface area (Å²) in [5.74, 6) is 0.0250. The van der Waals surface area contributed by atoms with Crippen LogP contribution in [0.4, 0.5) is 0 Å². The zero-order chi connectivity index (χ0) is 14.8. The Bertz CT molecular complexity index is 663. The molecule has 1 unspecified atom stereocenters. The maximum atomic E-state index is 12.1. The Hall–Kier alpha value is -1.65. The summed E-state index contributed by atoms with van der Waals surface area (Å²) < 4.78 is 0. The Balaban J connectivity index is 1.93. The van der Waals surface area contributed by atoms with Gasteiger partial charge in [0.1, 0.15) is 0 Å². The molecule has 0 saturated carbocycles. The van der Waals surface area contributed by atoms with Crippen LogP contribution in [0, 0.1) is 0 Å². The first-order valence-electron chi connectivity index (χ1n) is 7.44. The third-order valence-electron chi connectivity index (χ3n) is 3.98. The van der Waals surface area contributed by atoms with Crippen LogP contribution in [0.25, 0.3) is 0 Å². The average Bonchev–Trinajstić information content (AvgIpc) is 2.92. The van der Waals surface area contributed by atoms with E-state index in [1.807, 2.05) is 6.07 Å². The van der Waals surface area contributed by atoms with Gasteiger partial charge in [-0.3, -0.25) is 4.79 Å². The number of hydrogen-bond donors (Lipinski definition) is 2. The molecule has 1 aromatic carbocycles. The van der Waals surface area contributed by atoms with Gasteiger partial charge in [0, 0.05) is 21.9 Å². The molecule has 4 heteroatoms. The van der Waals surface area contributed by atoms with Crippen LogP contribution >= 0.6 is 11.3 Å². The van der Waals surface area contributed by atoms with E-state index in [2.05, 4.69) is 36.5 Å². The summed E-state index contributed by atoms with van der Waals surface area (Å²) in [4.78, 5) is 14.6. The van der Waals surface area contributed by atoms with E-state index in [1.54, 1.807) is 11.3 Å². The molecule has 3 N–H and O–H groups in total. The first-order valence-corrected chi connectivity index (χ1v) is 8.26. The van der Waals surface area contributed by atoms with E-state index < -0.39 is 0 Å². The van der Waals surface area contributed by atoms with Crippen molar-refractivity contribution >= 4 is 17.2 Å². The summed E-state index contributed by atoms with van der Waals surface area (Å²) in [6.07, 6.45) is 2.97. The number of benzene rings is 1. The highest BCUT2D eigenvalue weighted by molar-refractivity contribution is 7.12. The summed E-state index contributed by atoms with van der Waals surface area (Å²) >= 11 is 1.75. The van der Waals surface area contributed by atoms with Crippen LogP contribution in [0.5, 0.6) is 0 Å². The lowest BCUT2D eigenvalue weighted by Crippen LogP contribution is -2.23. The lowest BCUT2D eigenvalue weighted by Gasteiger charge is -2.13. The molecule has 1 aliphatic heterocycles. The monoisotopic (exact) mass is 300 g/mol. The first-order chi connectivity index (χ1) is 10.2. The lowest BCUT2D eigenvalue weighted by molar-refractivity contribution is 0.0956. The Kier molecular flexibility index (Phi) is 4.08. The first kappa shape index (κ1) is 14.3. The molecule has 1 atom stereocenters. The molecule has 0 saturated heterocycles. The summed E-state index contributed by atoms with van der Waals surface area (Å²) in [5.41, 5.74) is 9.30. The van der Waals surface area contributed by atoms with Crippen LogP contribution in [0.1, 0.15) is 50.6 Å². The highest BCUT2D eigenvalue weighted by Crippen LogP contribution is 2.28. The summed E-state index contributed by atoms with van der Waals surface area (Å²) in [6.45, 7) is 2.90. The number of rotatable bonds is 3. The van der Waals surface area contributed by atoms with E-state index >= 15 is 0 Å². The van der Waals surface area contributed by atoms with Crippen LogP contribution < -0.4 is 11.1 Å². The van der Waals surface area contributed by atoms with E-state index in [1.165, 1.54) is 4.88 Å². The van der Waals surface area contributed by atoms with Crippen molar-refractivity contribution in [1.29, 1.82) is 0 Å². The van der Waals surface area contributed by atoms with Crippen LogP contribution in [0.3, 0.4) is 0 Å². The summed E-state index contributed by atoms with van der Waals surface area (Å²) in [6, 6.07) is 10.2. The SMILES string of the molecule is CCc1ccc(C(N)c2ccc3c(c2)C(=O)NCCC3)s1. The van der Waals surface area contributed by atoms with Gasteiger partial charge in [0.15, 0.2) is 0 Å². The maximum absolute atomic E-state index is 12.1. The minimum absolute atomic E-state index is 0.0250. The van der Waals surface area contributed by atoms with Crippen LogP contribution in [0.2, 0.25) is 0 Å². The number of carbonyl (C=O) groups excluding carboxylic acids is 1. The van der Waals surface area contributed by atoms with Gasteiger partial charge in [-0.2, -0.15) is 0 Å². The largest absolute Gasteiger partial charge is 0.352 e. The molecule has 1 aromatic heterocycles. The number of amides is 1. The van der Waals surface area contributed by atoms with Gasteiger partial charge in [-0.15, -0.1) is 11.3 Å². The molecular formula is C17H20N2OS. The number of fused-ring (bicyclic) bond motifs is 1. The second-order valence-electron chi connectivity index (χ2n) is 5.41. The van der Waals surface area contributed by atoms with Crippen LogP contribution in [0.15, 0.2) is 30.3 Å². The van der Waals surface area contributed by atoms with E-state index in [9.17, 15) is 4.79 Å². The molecule has 0 spiro atoms. The van der Waals surface area contributed by atoms with E-state index in [4.69, 9.17) is 5.73 Å². The van der Waals surface area contributed by atoms with E-state index in [-0.39, 0.29) is 11.9 Å². The fraction of sp³-hybridized carbons (Fsp3) is 0.353. The zero-order valence-electron chi connectivity index (χ0n) is 12.2. The molecular weight excluding hydrogens is 280 g/mol. The third kappa shape index (κ3) is 2.87. The molecule has 2 aromatic rings. The highest BCUT2D eigenvalue weighted by atomic mass is 32.1. The van der Waals surface area contributed by atoms with Crippen molar-refractivity contribution in [3.8, 4) is 0 Å². The number of nitrogens with two attached hydrogens (primary N) is 1. The molecule has 0 bridgehead atoms. The van der Waals surface area contributed by atoms with Crippen LogP contribution in [-0.4, -0.2) is 12.5 Å². The molecule has 3 rings (SSSR count). The van der Waals surface area contributed by atoms with Gasteiger partial charge in [-0.25, -0.2) is 0 Å². The number of hydrogen-bond acceptors (Lipinski definition) is 3. The number of nitrogens with one attached hydrogen (secondary N) is 1. The fourth-order valence-electron chi connectivity index (χ4n) is 2.71. The fourth-order valence-corrected chi connectivity index (χ4v) is 3.69. The minimum atomic E-state index is -0.156. The molecule has 0 radical (unpaired) electrons. The normalized spacial score (nSPS) is 16.0. The van der Waals surface area contributed by atoms with Gasteiger partial charge in [-0.05, 0) is 48.6 Å². The molecule has 2 heterocycles. The Morgan fingerprint density at radius 3 is 2.95 bits per heavy atom. The summed E-state index contributed by atoms with van der Waals surface area (Å²) in [5, 5.41) is 2.94. The standard InChI is InChI=1S/C17H20N2OS/c1-2-13-7-8-15(21-13)16(18)12-6-5-11-4-3-9-19-17(20)14(11)10-12/h5-8,10,16H,2-4,9,18H2,1H3,(H,19,20). The maximum Gasteiger partial charge on any atom is 0.251 e. The lowest BCUT2D eigenvalue weighted by atomic mass is 9.97. The van der Waals surface area contributed by atoms with Crippen molar-refractivity contribution in [2.75, 3.05) is 6.54 Å². The molecule has 3 nitrogen and oxygen atoms in total. The average molecular weight is 300 g/mol. The molecule has 0 fully saturated rings. The quantitative estimate of drug-likeness (QED) is 0.915. The van der Waals surface area contributed by atoms with Crippen molar-refractivity contribution < 1.29 is 4.79 Å². The van der Waals surface area contributed by atoms with Crippen molar-refractivity contribution in [2.45, 2.75) is 32.2 Å². The minimum Gasteiger partial charge on any atom is -0.352 e. The smallest absolute Gasteiger partial charge is 0.251 e. The van der Waals surface area contributed by atoms with Gasteiger partial charge in [0.2, 0.25) is 0 Å². The Morgan fingerprint density at radius 1 is 1.33 bits per heavy atom.